The molecule has 2 rings (SSSR count). The van der Waals surface area contributed by atoms with Gasteiger partial charge in [0.25, 0.3) is 0 Å². The Bertz CT molecular complexity index is 209. The van der Waals surface area contributed by atoms with Crippen LogP contribution in [0, 0.1) is 5.92 Å². The molecule has 94 valence electrons. The van der Waals surface area contributed by atoms with Gasteiger partial charge in [-0.05, 0) is 32.1 Å². The number of nitrogens with zero attached hydrogens (tertiary/aromatic N) is 1. The molecule has 2 saturated heterocycles. The van der Waals surface area contributed by atoms with E-state index in [9.17, 15) is 0 Å². The van der Waals surface area contributed by atoms with E-state index in [1.165, 1.54) is 25.9 Å². The zero-order chi connectivity index (χ0) is 11.4. The predicted molar refractivity (Wildman–Crippen MR) is 70.1 cm³/mol. The van der Waals surface area contributed by atoms with Crippen molar-refractivity contribution in [1.29, 1.82) is 0 Å². The molecule has 2 fully saturated rings. The van der Waals surface area contributed by atoms with Gasteiger partial charge < -0.3 is 15.0 Å². The first-order valence-corrected chi connectivity index (χ1v) is 7.61. The third-order valence-corrected chi connectivity index (χ3v) is 4.97. The first-order chi connectivity index (χ1) is 7.81. The van der Waals surface area contributed by atoms with Crippen LogP contribution in [0.5, 0.6) is 0 Å². The Labute approximate surface area is 103 Å². The van der Waals surface area contributed by atoms with Gasteiger partial charge in [0, 0.05) is 44.1 Å². The summed E-state index contributed by atoms with van der Waals surface area (Å²) in [5, 5.41) is 4.27. The van der Waals surface area contributed by atoms with E-state index < -0.39 is 0 Å². The zero-order valence-corrected chi connectivity index (χ0v) is 11.3. The number of ether oxygens (including phenoxy) is 1. The van der Waals surface area contributed by atoms with Crippen LogP contribution >= 0.6 is 11.8 Å². The summed E-state index contributed by atoms with van der Waals surface area (Å²) in [6.45, 7) is 5.50. The van der Waals surface area contributed by atoms with Gasteiger partial charge in [0.15, 0.2) is 0 Å². The highest BCUT2D eigenvalue weighted by Crippen LogP contribution is 2.22. The lowest BCUT2D eigenvalue weighted by molar-refractivity contribution is 0.0517. The number of hydrogen-bond donors (Lipinski definition) is 1. The summed E-state index contributed by atoms with van der Waals surface area (Å²) >= 11 is 2.00. The average Bonchev–Trinajstić information content (AvgIpc) is 2.78. The van der Waals surface area contributed by atoms with Crippen molar-refractivity contribution in [3.8, 4) is 0 Å². The largest absolute Gasteiger partial charge is 0.381 e. The summed E-state index contributed by atoms with van der Waals surface area (Å²) in [5.41, 5.74) is 0. The molecule has 0 bridgehead atoms. The maximum Gasteiger partial charge on any atom is 0.0469 e. The van der Waals surface area contributed by atoms with E-state index in [4.69, 9.17) is 4.74 Å². The molecule has 0 aromatic heterocycles. The molecule has 16 heavy (non-hydrogen) atoms. The van der Waals surface area contributed by atoms with Crippen molar-refractivity contribution in [2.45, 2.75) is 24.1 Å². The van der Waals surface area contributed by atoms with Gasteiger partial charge in [-0.1, -0.05) is 0 Å². The average molecular weight is 244 g/mol. The van der Waals surface area contributed by atoms with Crippen molar-refractivity contribution in [3.63, 3.8) is 0 Å². The molecule has 0 aromatic rings. The molecule has 0 radical (unpaired) electrons. The summed E-state index contributed by atoms with van der Waals surface area (Å²) in [5.74, 6) is 0.849. The molecule has 2 heterocycles. The van der Waals surface area contributed by atoms with Gasteiger partial charge in [-0.15, -0.1) is 0 Å². The van der Waals surface area contributed by atoms with Crippen molar-refractivity contribution in [2.24, 2.45) is 5.92 Å². The standard InChI is InChI=1S/C12H24N2OS/c1-14(9-10-3-5-15-6-4-10)11-7-13-8-12(11)16-2/h10-13H,3-9H2,1-2H3. The molecule has 0 saturated carbocycles. The zero-order valence-electron chi connectivity index (χ0n) is 10.4. The first kappa shape index (κ1) is 12.7. The van der Waals surface area contributed by atoms with E-state index in [0.29, 0.717) is 0 Å². The van der Waals surface area contributed by atoms with Crippen LogP contribution < -0.4 is 5.32 Å². The summed E-state index contributed by atoms with van der Waals surface area (Å²) < 4.78 is 5.41. The Kier molecular flexibility index (Phi) is 4.95. The molecule has 0 spiro atoms. The van der Waals surface area contributed by atoms with Gasteiger partial charge in [-0.3, -0.25) is 0 Å². The van der Waals surface area contributed by atoms with Gasteiger partial charge in [0.2, 0.25) is 0 Å². The number of rotatable bonds is 4. The van der Waals surface area contributed by atoms with E-state index in [1.807, 2.05) is 11.8 Å². The smallest absolute Gasteiger partial charge is 0.0469 e. The second-order valence-corrected chi connectivity index (χ2v) is 6.07. The maximum absolute atomic E-state index is 5.41. The Morgan fingerprint density at radius 1 is 1.31 bits per heavy atom. The van der Waals surface area contributed by atoms with Crippen LogP contribution in [0.15, 0.2) is 0 Å². The van der Waals surface area contributed by atoms with Crippen molar-refractivity contribution in [3.05, 3.63) is 0 Å². The van der Waals surface area contributed by atoms with Gasteiger partial charge in [-0.25, -0.2) is 0 Å². The quantitative estimate of drug-likeness (QED) is 0.799. The molecule has 2 aliphatic heterocycles. The molecule has 0 amide bonds. The molecular formula is C12H24N2OS. The van der Waals surface area contributed by atoms with Gasteiger partial charge in [0.05, 0.1) is 0 Å². The predicted octanol–water partition coefficient (Wildman–Crippen LogP) is 1.05. The third-order valence-electron chi connectivity index (χ3n) is 3.88. The second kappa shape index (κ2) is 6.24. The van der Waals surface area contributed by atoms with Crippen LogP contribution in [-0.2, 0) is 4.74 Å². The molecule has 1 N–H and O–H groups in total. The van der Waals surface area contributed by atoms with Crippen molar-refractivity contribution in [2.75, 3.05) is 46.2 Å². The van der Waals surface area contributed by atoms with E-state index >= 15 is 0 Å². The lowest BCUT2D eigenvalue weighted by Gasteiger charge is -2.32. The summed E-state index contributed by atoms with van der Waals surface area (Å²) in [4.78, 5) is 2.57. The van der Waals surface area contributed by atoms with Crippen LogP contribution in [0.3, 0.4) is 0 Å². The monoisotopic (exact) mass is 244 g/mol. The summed E-state index contributed by atoms with van der Waals surface area (Å²) in [6.07, 6.45) is 4.72. The molecular weight excluding hydrogens is 220 g/mol. The molecule has 2 unspecified atom stereocenters. The first-order valence-electron chi connectivity index (χ1n) is 6.32. The van der Waals surface area contributed by atoms with Crippen LogP contribution in [0.2, 0.25) is 0 Å². The van der Waals surface area contributed by atoms with Gasteiger partial charge in [-0.2, -0.15) is 11.8 Å². The molecule has 0 aliphatic carbocycles. The highest BCUT2D eigenvalue weighted by atomic mass is 32.2. The SMILES string of the molecule is CSC1CNCC1N(C)CC1CCOCC1. The number of hydrogen-bond acceptors (Lipinski definition) is 4. The number of thioether (sulfide) groups is 1. The Hall–Kier alpha value is 0.230. The Morgan fingerprint density at radius 2 is 2.06 bits per heavy atom. The van der Waals surface area contributed by atoms with Gasteiger partial charge in [0.1, 0.15) is 0 Å². The van der Waals surface area contributed by atoms with Crippen molar-refractivity contribution < 1.29 is 4.74 Å². The molecule has 2 atom stereocenters. The Morgan fingerprint density at radius 3 is 2.75 bits per heavy atom. The number of likely N-dealkylation sites (N-methyl/N-ethyl adjacent to an activating group) is 1. The fourth-order valence-corrected chi connectivity index (χ4v) is 3.70. The van der Waals surface area contributed by atoms with Crippen LogP contribution in [0.25, 0.3) is 0 Å². The molecule has 4 heteroatoms. The fraction of sp³-hybridized carbons (Fsp3) is 1.00. The van der Waals surface area contributed by atoms with Crippen LogP contribution in [0.1, 0.15) is 12.8 Å². The second-order valence-electron chi connectivity index (χ2n) is 5.00. The molecule has 3 nitrogen and oxygen atoms in total. The van der Waals surface area contributed by atoms with E-state index in [-0.39, 0.29) is 0 Å². The highest BCUT2D eigenvalue weighted by molar-refractivity contribution is 7.99. The normalized spacial score (nSPS) is 32.4. The summed E-state index contributed by atoms with van der Waals surface area (Å²) in [6, 6.07) is 0.720. The van der Waals surface area contributed by atoms with Gasteiger partial charge >= 0.3 is 0 Å². The maximum atomic E-state index is 5.41. The fourth-order valence-electron chi connectivity index (χ4n) is 2.79. The highest BCUT2D eigenvalue weighted by Gasteiger charge is 2.30. The van der Waals surface area contributed by atoms with E-state index in [2.05, 4.69) is 23.5 Å². The Balaban J connectivity index is 1.79. The molecule has 0 aromatic carbocycles. The van der Waals surface area contributed by atoms with Crippen molar-refractivity contribution >= 4 is 11.8 Å². The lowest BCUT2D eigenvalue weighted by Crippen LogP contribution is -2.42. The molecule has 2 aliphatic rings. The number of nitrogens with one attached hydrogen (secondary N) is 1. The van der Waals surface area contributed by atoms with Crippen LogP contribution in [-0.4, -0.2) is 62.3 Å². The summed E-state index contributed by atoms with van der Waals surface area (Å²) in [7, 11) is 2.29. The van der Waals surface area contributed by atoms with Crippen LogP contribution in [0.4, 0.5) is 0 Å². The topological polar surface area (TPSA) is 24.5 Å². The van der Waals surface area contributed by atoms with Crippen molar-refractivity contribution in [1.82, 2.24) is 10.2 Å². The third kappa shape index (κ3) is 3.13. The minimum atomic E-state index is 0.720. The minimum Gasteiger partial charge on any atom is -0.381 e. The van der Waals surface area contributed by atoms with E-state index in [0.717, 1.165) is 37.0 Å². The van der Waals surface area contributed by atoms with E-state index in [1.54, 1.807) is 0 Å². The lowest BCUT2D eigenvalue weighted by atomic mass is 9.99. The minimum absolute atomic E-state index is 0.720.